The number of amides is 1. The van der Waals surface area contributed by atoms with Gasteiger partial charge in [-0.25, -0.2) is 4.42 Å². The van der Waals surface area contributed by atoms with Crippen LogP contribution in [0.2, 0.25) is 0 Å². The van der Waals surface area contributed by atoms with Crippen molar-refractivity contribution in [3.63, 3.8) is 0 Å². The molecule has 0 bridgehead atoms. The third-order valence-corrected chi connectivity index (χ3v) is 5.06. The molecule has 1 amide bonds. The second-order valence-electron chi connectivity index (χ2n) is 6.68. The Morgan fingerprint density at radius 1 is 1.43 bits per heavy atom. The van der Waals surface area contributed by atoms with Crippen molar-refractivity contribution in [2.24, 2.45) is 5.92 Å². The van der Waals surface area contributed by atoms with Crippen molar-refractivity contribution in [3.05, 3.63) is 23.9 Å². The van der Waals surface area contributed by atoms with Crippen molar-refractivity contribution in [2.75, 3.05) is 33.4 Å². The van der Waals surface area contributed by atoms with Gasteiger partial charge in [0.05, 0.1) is 29.6 Å². The zero-order chi connectivity index (χ0) is 20.1. The number of fused-ring (bicyclic) bond motifs is 1. The van der Waals surface area contributed by atoms with E-state index in [9.17, 15) is 13.6 Å². The van der Waals surface area contributed by atoms with Crippen molar-refractivity contribution in [2.45, 2.75) is 26.0 Å². The summed E-state index contributed by atoms with van der Waals surface area (Å²) < 4.78 is 38.3. The molecule has 1 fully saturated rings. The first-order valence-electron chi connectivity index (χ1n) is 9.12. The number of methoxy groups -OCH3 is 1. The zero-order valence-electron chi connectivity index (χ0n) is 15.5. The van der Waals surface area contributed by atoms with Gasteiger partial charge in [-0.05, 0) is 44.0 Å². The van der Waals surface area contributed by atoms with Gasteiger partial charge in [-0.1, -0.05) is 0 Å². The Balaban J connectivity index is 1.91. The SMILES string of the molecule is COCCN(Cl)C(=O)c1ccc2nn(CC3CCNCC3)cc2c1OC(F)F. The van der Waals surface area contributed by atoms with E-state index in [2.05, 4.69) is 10.4 Å². The molecule has 1 N–H and O–H groups in total. The fraction of sp³-hybridized carbons (Fsp3) is 0.556. The summed E-state index contributed by atoms with van der Waals surface area (Å²) in [5.74, 6) is -0.386. The minimum Gasteiger partial charge on any atom is -0.433 e. The number of aromatic nitrogens is 2. The molecule has 2 aromatic rings. The molecule has 1 aromatic heterocycles. The van der Waals surface area contributed by atoms with Crippen LogP contribution in [0.15, 0.2) is 18.3 Å². The molecule has 1 aromatic carbocycles. The van der Waals surface area contributed by atoms with Crippen LogP contribution in [0.5, 0.6) is 5.75 Å². The summed E-state index contributed by atoms with van der Waals surface area (Å²) >= 11 is 5.97. The number of halogens is 3. The molecule has 0 atom stereocenters. The lowest BCUT2D eigenvalue weighted by Crippen LogP contribution is -2.29. The number of rotatable bonds is 8. The van der Waals surface area contributed by atoms with Crippen LogP contribution in [-0.2, 0) is 11.3 Å². The number of nitrogens with zero attached hydrogens (tertiary/aromatic N) is 3. The number of nitrogens with one attached hydrogen (secondary N) is 1. The molecular formula is C18H23ClF2N4O3. The largest absolute Gasteiger partial charge is 0.433 e. The van der Waals surface area contributed by atoms with Gasteiger partial charge in [0.15, 0.2) is 0 Å². The van der Waals surface area contributed by atoms with E-state index in [0.717, 1.165) is 30.4 Å². The molecule has 0 radical (unpaired) electrons. The molecule has 0 spiro atoms. The van der Waals surface area contributed by atoms with Gasteiger partial charge in [0.25, 0.3) is 5.91 Å². The normalized spacial score (nSPS) is 15.3. The van der Waals surface area contributed by atoms with E-state index in [-0.39, 0.29) is 24.5 Å². The summed E-state index contributed by atoms with van der Waals surface area (Å²) in [6.45, 7) is -0.154. The molecule has 7 nitrogen and oxygen atoms in total. The lowest BCUT2D eigenvalue weighted by Gasteiger charge is -2.22. The molecular weight excluding hydrogens is 394 g/mol. The predicted molar refractivity (Wildman–Crippen MR) is 101 cm³/mol. The van der Waals surface area contributed by atoms with Gasteiger partial charge in [0.2, 0.25) is 0 Å². The number of hydrogen-bond acceptors (Lipinski definition) is 5. The van der Waals surface area contributed by atoms with Crippen LogP contribution in [0.25, 0.3) is 10.9 Å². The van der Waals surface area contributed by atoms with Gasteiger partial charge in [0.1, 0.15) is 5.75 Å². The smallest absolute Gasteiger partial charge is 0.387 e. The minimum atomic E-state index is -3.08. The van der Waals surface area contributed by atoms with E-state index in [0.29, 0.717) is 23.4 Å². The Bertz CT molecular complexity index is 811. The maximum atomic E-state index is 13.0. The van der Waals surface area contributed by atoms with E-state index in [4.69, 9.17) is 21.3 Å². The highest BCUT2D eigenvalue weighted by molar-refractivity contribution is 6.25. The number of ether oxygens (including phenoxy) is 2. The Hall–Kier alpha value is -1.97. The van der Waals surface area contributed by atoms with Crippen molar-refractivity contribution >= 4 is 28.6 Å². The molecule has 0 unspecified atom stereocenters. The van der Waals surface area contributed by atoms with Crippen LogP contribution in [0.3, 0.4) is 0 Å². The van der Waals surface area contributed by atoms with E-state index in [1.807, 2.05) is 0 Å². The monoisotopic (exact) mass is 416 g/mol. The average molecular weight is 417 g/mol. The van der Waals surface area contributed by atoms with Crippen LogP contribution in [0.1, 0.15) is 23.2 Å². The molecule has 1 aliphatic heterocycles. The summed E-state index contributed by atoms with van der Waals surface area (Å²) in [7, 11) is 1.48. The highest BCUT2D eigenvalue weighted by atomic mass is 35.5. The summed E-state index contributed by atoms with van der Waals surface area (Å²) in [6.07, 6.45) is 3.71. The number of hydrogen-bond donors (Lipinski definition) is 1. The summed E-state index contributed by atoms with van der Waals surface area (Å²) in [4.78, 5) is 12.6. The van der Waals surface area contributed by atoms with Crippen molar-refractivity contribution in [3.8, 4) is 5.75 Å². The Morgan fingerprint density at radius 2 is 2.18 bits per heavy atom. The lowest BCUT2D eigenvalue weighted by molar-refractivity contribution is -0.0491. The summed E-state index contributed by atoms with van der Waals surface area (Å²) in [5, 5.41) is 8.13. The molecule has 0 saturated carbocycles. The van der Waals surface area contributed by atoms with Gasteiger partial charge in [-0.3, -0.25) is 9.48 Å². The zero-order valence-corrected chi connectivity index (χ0v) is 16.3. The van der Waals surface area contributed by atoms with Gasteiger partial charge < -0.3 is 14.8 Å². The van der Waals surface area contributed by atoms with Crippen molar-refractivity contribution < 1.29 is 23.0 Å². The first kappa shape index (κ1) is 20.8. The molecule has 3 rings (SSSR count). The maximum Gasteiger partial charge on any atom is 0.387 e. The average Bonchev–Trinajstić information content (AvgIpc) is 3.09. The maximum absolute atomic E-state index is 13.0. The van der Waals surface area contributed by atoms with Crippen LogP contribution in [0.4, 0.5) is 8.78 Å². The molecule has 0 aliphatic carbocycles. The molecule has 2 heterocycles. The fourth-order valence-corrected chi connectivity index (χ4v) is 3.49. The summed E-state index contributed by atoms with van der Waals surface area (Å²) in [6, 6.07) is 3.02. The molecule has 10 heteroatoms. The predicted octanol–water partition coefficient (Wildman–Crippen LogP) is 2.88. The number of piperidine rings is 1. The second-order valence-corrected chi connectivity index (χ2v) is 7.09. The first-order valence-corrected chi connectivity index (χ1v) is 9.45. The second kappa shape index (κ2) is 9.49. The fourth-order valence-electron chi connectivity index (χ4n) is 3.33. The van der Waals surface area contributed by atoms with Crippen LogP contribution in [-0.4, -0.2) is 60.1 Å². The van der Waals surface area contributed by atoms with Crippen LogP contribution < -0.4 is 10.1 Å². The minimum absolute atomic E-state index is 0.0414. The molecule has 1 aliphatic rings. The van der Waals surface area contributed by atoms with Crippen LogP contribution >= 0.6 is 11.8 Å². The Kier molecular flexibility index (Phi) is 7.03. The molecule has 154 valence electrons. The van der Waals surface area contributed by atoms with Gasteiger partial charge >= 0.3 is 6.61 Å². The highest BCUT2D eigenvalue weighted by Gasteiger charge is 2.24. The Morgan fingerprint density at radius 3 is 2.86 bits per heavy atom. The number of benzene rings is 1. The van der Waals surface area contributed by atoms with E-state index in [1.165, 1.54) is 13.2 Å². The first-order chi connectivity index (χ1) is 13.5. The number of carbonyl (C=O) groups is 1. The van der Waals surface area contributed by atoms with E-state index < -0.39 is 12.5 Å². The van der Waals surface area contributed by atoms with Gasteiger partial charge in [-0.2, -0.15) is 13.9 Å². The lowest BCUT2D eigenvalue weighted by atomic mass is 9.98. The summed E-state index contributed by atoms with van der Waals surface area (Å²) in [5.41, 5.74) is 0.444. The van der Waals surface area contributed by atoms with E-state index >= 15 is 0 Å². The van der Waals surface area contributed by atoms with Gasteiger partial charge in [0, 0.05) is 31.6 Å². The third kappa shape index (κ3) is 4.89. The van der Waals surface area contributed by atoms with Gasteiger partial charge in [-0.15, -0.1) is 0 Å². The highest BCUT2D eigenvalue weighted by Crippen LogP contribution is 2.32. The van der Waals surface area contributed by atoms with E-state index in [1.54, 1.807) is 16.9 Å². The molecule has 1 saturated heterocycles. The van der Waals surface area contributed by atoms with Crippen molar-refractivity contribution in [1.29, 1.82) is 0 Å². The van der Waals surface area contributed by atoms with Crippen molar-refractivity contribution in [1.82, 2.24) is 19.5 Å². The third-order valence-electron chi connectivity index (χ3n) is 4.74. The standard InChI is InChI=1S/C18H23ClF2N4O3/c1-27-9-8-25(19)17(26)13-2-3-15-14(16(13)28-18(20)21)11-24(23-15)10-12-4-6-22-7-5-12/h2-3,11-12,18,22H,4-10H2,1H3. The topological polar surface area (TPSA) is 68.6 Å². The van der Waals surface area contributed by atoms with Crippen LogP contribution in [0, 0.1) is 5.92 Å². The molecule has 28 heavy (non-hydrogen) atoms. The Labute approximate surface area is 166 Å². The number of alkyl halides is 2. The quantitative estimate of drug-likeness (QED) is 0.670. The number of carbonyl (C=O) groups excluding carboxylic acids is 1.